The second-order valence-corrected chi connectivity index (χ2v) is 1.99. The van der Waals surface area contributed by atoms with Gasteiger partial charge in [-0.25, -0.2) is 9.79 Å². The minimum atomic E-state index is -0.338. The highest BCUT2D eigenvalue weighted by atomic mass is 16.1. The van der Waals surface area contributed by atoms with Gasteiger partial charge in [0.1, 0.15) is 5.69 Å². The first-order valence-electron chi connectivity index (χ1n) is 3.03. The molecule has 0 radical (unpaired) electrons. The van der Waals surface area contributed by atoms with Crippen LogP contribution in [0.4, 0.5) is 0 Å². The zero-order valence-electron chi connectivity index (χ0n) is 5.79. The molecular formula is C6H9N4O+. The lowest BCUT2D eigenvalue weighted by Gasteiger charge is -1.86. The van der Waals surface area contributed by atoms with Gasteiger partial charge in [0.25, 0.3) is 0 Å². The minimum Gasteiger partial charge on any atom is -0.356 e. The predicted octanol–water partition coefficient (Wildman–Crippen LogP) is -2.49. The number of rotatable bonds is 1. The monoisotopic (exact) mass is 153 g/mol. The summed E-state index contributed by atoms with van der Waals surface area (Å²) in [5.41, 5.74) is 10.5. The lowest BCUT2D eigenvalue weighted by Crippen LogP contribution is -2.81. The number of aromatic nitrogens is 1. The van der Waals surface area contributed by atoms with Crippen molar-refractivity contribution in [2.45, 2.75) is 0 Å². The van der Waals surface area contributed by atoms with Crippen LogP contribution in [0, 0.1) is 0 Å². The van der Waals surface area contributed by atoms with Crippen molar-refractivity contribution in [2.75, 3.05) is 0 Å². The summed E-state index contributed by atoms with van der Waals surface area (Å²) < 4.78 is 0. The summed E-state index contributed by atoms with van der Waals surface area (Å²) >= 11 is 0. The molecule has 0 atom stereocenters. The van der Waals surface area contributed by atoms with E-state index in [1.807, 2.05) is 0 Å². The Morgan fingerprint density at radius 1 is 1.55 bits per heavy atom. The molecule has 11 heavy (non-hydrogen) atoms. The van der Waals surface area contributed by atoms with Crippen LogP contribution >= 0.6 is 0 Å². The van der Waals surface area contributed by atoms with Crippen LogP contribution in [0.5, 0.6) is 0 Å². The zero-order chi connectivity index (χ0) is 8.27. The van der Waals surface area contributed by atoms with E-state index in [2.05, 4.69) is 9.98 Å². The Morgan fingerprint density at radius 2 is 2.27 bits per heavy atom. The van der Waals surface area contributed by atoms with E-state index < -0.39 is 0 Å². The van der Waals surface area contributed by atoms with E-state index in [4.69, 9.17) is 11.5 Å². The summed E-state index contributed by atoms with van der Waals surface area (Å²) in [6, 6.07) is 3.33. The number of nitrogens with one attached hydrogen (secondary N) is 2. The van der Waals surface area contributed by atoms with Crippen molar-refractivity contribution in [1.29, 1.82) is 0 Å². The largest absolute Gasteiger partial charge is 0.356 e. The highest BCUT2D eigenvalue weighted by Crippen LogP contribution is 1.89. The molecule has 58 valence electrons. The van der Waals surface area contributed by atoms with Gasteiger partial charge in [0, 0.05) is 6.20 Å². The fourth-order valence-corrected chi connectivity index (χ4v) is 0.670. The first-order chi connectivity index (χ1) is 5.20. The molecule has 0 spiro atoms. The Hall–Kier alpha value is -1.78. The van der Waals surface area contributed by atoms with Gasteiger partial charge in [0.15, 0.2) is 0 Å². The lowest BCUT2D eigenvalue weighted by molar-refractivity contribution is -0.347. The second-order valence-electron chi connectivity index (χ2n) is 1.99. The number of H-pyrrole nitrogens is 1. The van der Waals surface area contributed by atoms with Gasteiger partial charge in [-0.1, -0.05) is 0 Å². The summed E-state index contributed by atoms with van der Waals surface area (Å²) in [7, 11) is 0. The van der Waals surface area contributed by atoms with Gasteiger partial charge >= 0.3 is 11.9 Å². The molecule has 1 aromatic rings. The summed E-state index contributed by atoms with van der Waals surface area (Å²) in [4.78, 5) is 15.9. The fourth-order valence-electron chi connectivity index (χ4n) is 0.670. The molecule has 5 heteroatoms. The highest BCUT2D eigenvalue weighted by Gasteiger charge is 2.05. The first kappa shape index (κ1) is 7.33. The number of amides is 1. The van der Waals surface area contributed by atoms with Crippen LogP contribution in [0.25, 0.3) is 0 Å². The Labute approximate surface area is 63.1 Å². The maximum absolute atomic E-state index is 11.0. The van der Waals surface area contributed by atoms with E-state index in [1.54, 1.807) is 18.3 Å². The Morgan fingerprint density at radius 3 is 2.73 bits per heavy atom. The van der Waals surface area contributed by atoms with Crippen LogP contribution < -0.4 is 16.5 Å². The molecule has 1 amide bonds. The Balaban J connectivity index is 2.80. The van der Waals surface area contributed by atoms with Gasteiger partial charge in [-0.05, 0) is 12.1 Å². The molecule has 1 aromatic heterocycles. The molecule has 0 aliphatic heterocycles. The molecule has 1 rings (SSSR count). The topological polar surface area (TPSA) is 98.9 Å². The molecule has 0 aliphatic rings. The van der Waals surface area contributed by atoms with Crippen LogP contribution in [0.3, 0.4) is 0 Å². The van der Waals surface area contributed by atoms with Crippen LogP contribution in [0.15, 0.2) is 18.3 Å². The maximum atomic E-state index is 11.0. The van der Waals surface area contributed by atoms with Gasteiger partial charge in [-0.15, -0.1) is 0 Å². The smallest absolute Gasteiger partial charge is 0.346 e. The van der Waals surface area contributed by atoms with Crippen molar-refractivity contribution < 1.29 is 9.79 Å². The number of carbonyl (C=O) groups excluding carboxylic acids is 1. The molecule has 0 aromatic carbocycles. The Kier molecular flexibility index (Phi) is 1.91. The van der Waals surface area contributed by atoms with Gasteiger partial charge < -0.3 is 4.98 Å². The second kappa shape index (κ2) is 2.87. The minimum absolute atomic E-state index is 0.107. The summed E-state index contributed by atoms with van der Waals surface area (Å²) in [5, 5.41) is 0. The number of guanidine groups is 1. The molecule has 0 aliphatic carbocycles. The zero-order valence-corrected chi connectivity index (χ0v) is 5.79. The normalized spacial score (nSPS) is 9.09. The van der Waals surface area contributed by atoms with E-state index in [-0.39, 0.29) is 11.9 Å². The summed E-state index contributed by atoms with van der Waals surface area (Å²) in [6.07, 6.45) is 1.64. The fraction of sp³-hybridized carbons (Fsp3) is 0. The lowest BCUT2D eigenvalue weighted by atomic mass is 10.4. The standard InChI is InChI=1S/C6H8N4O/c7-6(8)10-5(11)4-2-1-3-9-4/h1-3,9H,(H4,7,8,10,11)/p+1. The molecule has 5 nitrogen and oxygen atoms in total. The van der Waals surface area contributed by atoms with E-state index in [0.717, 1.165) is 0 Å². The van der Waals surface area contributed by atoms with E-state index in [0.29, 0.717) is 5.69 Å². The number of hydrogen-bond acceptors (Lipinski definition) is 1. The van der Waals surface area contributed by atoms with Crippen molar-refractivity contribution in [2.24, 2.45) is 11.5 Å². The number of aromatic amines is 1. The van der Waals surface area contributed by atoms with Gasteiger partial charge in [0.05, 0.1) is 0 Å². The van der Waals surface area contributed by atoms with E-state index >= 15 is 0 Å². The maximum Gasteiger partial charge on any atom is 0.346 e. The van der Waals surface area contributed by atoms with Gasteiger partial charge in [-0.2, -0.15) is 0 Å². The van der Waals surface area contributed by atoms with Crippen molar-refractivity contribution in [1.82, 2.24) is 4.98 Å². The third-order valence-electron chi connectivity index (χ3n) is 1.10. The molecule has 0 fully saturated rings. The van der Waals surface area contributed by atoms with Crippen LogP contribution in [-0.4, -0.2) is 16.9 Å². The Bertz CT molecular complexity index is 271. The first-order valence-corrected chi connectivity index (χ1v) is 3.03. The van der Waals surface area contributed by atoms with Crippen molar-refractivity contribution in [3.05, 3.63) is 24.0 Å². The number of carbonyl (C=O) groups is 1. The molecule has 0 unspecified atom stereocenters. The van der Waals surface area contributed by atoms with Crippen molar-refractivity contribution >= 4 is 11.9 Å². The number of nitrogens with two attached hydrogens (primary N) is 2. The van der Waals surface area contributed by atoms with E-state index in [9.17, 15) is 4.79 Å². The molecule has 0 saturated carbocycles. The third kappa shape index (κ3) is 1.82. The third-order valence-corrected chi connectivity index (χ3v) is 1.10. The van der Waals surface area contributed by atoms with Crippen LogP contribution in [-0.2, 0) is 0 Å². The van der Waals surface area contributed by atoms with Crippen LogP contribution in [0.1, 0.15) is 10.5 Å². The SMILES string of the molecule is NC(N)=[NH+]C(=O)c1ccc[nH]1. The predicted molar refractivity (Wildman–Crippen MR) is 39.5 cm³/mol. The molecule has 6 N–H and O–H groups in total. The average Bonchev–Trinajstić information content (AvgIpc) is 2.35. The molecule has 1 heterocycles. The van der Waals surface area contributed by atoms with Gasteiger partial charge in [-0.3, -0.25) is 11.5 Å². The quantitative estimate of drug-likeness (QED) is 0.265. The average molecular weight is 153 g/mol. The van der Waals surface area contributed by atoms with Crippen molar-refractivity contribution in [3.63, 3.8) is 0 Å². The molecule has 0 bridgehead atoms. The summed E-state index contributed by atoms with van der Waals surface area (Å²) in [6.45, 7) is 0. The molecular weight excluding hydrogens is 144 g/mol. The molecule has 0 saturated heterocycles. The van der Waals surface area contributed by atoms with E-state index in [1.165, 1.54) is 0 Å². The number of hydrogen-bond donors (Lipinski definition) is 4. The van der Waals surface area contributed by atoms with Crippen molar-refractivity contribution in [3.8, 4) is 0 Å². The van der Waals surface area contributed by atoms with Crippen LogP contribution in [0.2, 0.25) is 0 Å². The highest BCUT2D eigenvalue weighted by molar-refractivity contribution is 5.87. The van der Waals surface area contributed by atoms with Gasteiger partial charge in [0.2, 0.25) is 0 Å². The summed E-state index contributed by atoms with van der Waals surface area (Å²) in [5.74, 6) is -0.445.